The molecule has 0 aromatic heterocycles. The Balaban J connectivity index is 2.04. The molecule has 4 heteroatoms. The van der Waals surface area contributed by atoms with E-state index < -0.39 is 0 Å². The van der Waals surface area contributed by atoms with Crippen LogP contribution >= 0.6 is 23.2 Å². The molecule has 3 unspecified atom stereocenters. The molecule has 1 aromatic rings. The van der Waals surface area contributed by atoms with Crippen molar-refractivity contribution in [2.75, 3.05) is 6.61 Å². The van der Waals surface area contributed by atoms with E-state index in [9.17, 15) is 0 Å². The zero-order chi connectivity index (χ0) is 13.8. The van der Waals surface area contributed by atoms with Gasteiger partial charge in [0.25, 0.3) is 0 Å². The van der Waals surface area contributed by atoms with E-state index in [1.807, 2.05) is 18.2 Å². The molecule has 1 aliphatic heterocycles. The highest BCUT2D eigenvalue weighted by atomic mass is 35.5. The van der Waals surface area contributed by atoms with Crippen LogP contribution in [0.25, 0.3) is 0 Å². The lowest BCUT2D eigenvalue weighted by molar-refractivity contribution is 0.0794. The number of rotatable bonds is 5. The molecule has 0 spiro atoms. The fourth-order valence-electron chi connectivity index (χ4n) is 2.60. The highest BCUT2D eigenvalue weighted by Crippen LogP contribution is 2.28. The van der Waals surface area contributed by atoms with Gasteiger partial charge in [0.05, 0.1) is 16.1 Å². The first kappa shape index (κ1) is 15.1. The maximum atomic E-state index is 6.09. The zero-order valence-corrected chi connectivity index (χ0v) is 13.0. The normalized spacial score (nSPS) is 22.4. The summed E-state index contributed by atoms with van der Waals surface area (Å²) in [5.41, 5.74) is 1.18. The molecule has 0 radical (unpaired) electrons. The molecule has 0 bridgehead atoms. The van der Waals surface area contributed by atoms with Crippen LogP contribution in [-0.4, -0.2) is 18.8 Å². The molecule has 1 heterocycles. The summed E-state index contributed by atoms with van der Waals surface area (Å²) in [5, 5.41) is 4.86. The second kappa shape index (κ2) is 6.94. The Hall–Kier alpha value is -0.280. The maximum Gasteiger partial charge on any atom is 0.0726 e. The summed E-state index contributed by atoms with van der Waals surface area (Å²) in [6.07, 6.45) is 3.65. The van der Waals surface area contributed by atoms with E-state index in [1.165, 1.54) is 12.0 Å². The molecule has 106 valence electrons. The zero-order valence-electron chi connectivity index (χ0n) is 11.5. The molecule has 0 amide bonds. The molecule has 19 heavy (non-hydrogen) atoms. The van der Waals surface area contributed by atoms with Crippen LogP contribution in [0.15, 0.2) is 18.2 Å². The third-order valence-electron chi connectivity index (χ3n) is 3.74. The summed E-state index contributed by atoms with van der Waals surface area (Å²) in [4.78, 5) is 0. The second-order valence-electron chi connectivity index (χ2n) is 5.14. The highest BCUT2D eigenvalue weighted by molar-refractivity contribution is 6.42. The minimum Gasteiger partial charge on any atom is -0.377 e. The van der Waals surface area contributed by atoms with E-state index in [2.05, 4.69) is 19.2 Å². The predicted molar refractivity (Wildman–Crippen MR) is 81.1 cm³/mol. The van der Waals surface area contributed by atoms with Crippen LogP contribution < -0.4 is 5.32 Å². The van der Waals surface area contributed by atoms with Crippen LogP contribution in [0.3, 0.4) is 0 Å². The van der Waals surface area contributed by atoms with Crippen molar-refractivity contribution in [2.45, 2.75) is 51.3 Å². The number of hydrogen-bond acceptors (Lipinski definition) is 2. The van der Waals surface area contributed by atoms with Crippen LogP contribution in [0.2, 0.25) is 10.0 Å². The van der Waals surface area contributed by atoms with Crippen molar-refractivity contribution in [1.29, 1.82) is 0 Å². The topological polar surface area (TPSA) is 21.3 Å². The van der Waals surface area contributed by atoms with E-state index in [-0.39, 0.29) is 6.04 Å². The summed E-state index contributed by atoms with van der Waals surface area (Å²) < 4.78 is 5.73. The van der Waals surface area contributed by atoms with Crippen molar-refractivity contribution in [2.24, 2.45) is 0 Å². The number of hydrogen-bond donors (Lipinski definition) is 1. The van der Waals surface area contributed by atoms with Gasteiger partial charge in [0.15, 0.2) is 0 Å². The van der Waals surface area contributed by atoms with Gasteiger partial charge in [-0.25, -0.2) is 0 Å². The van der Waals surface area contributed by atoms with Crippen molar-refractivity contribution >= 4 is 23.2 Å². The van der Waals surface area contributed by atoms with Gasteiger partial charge in [-0.05, 0) is 43.9 Å². The van der Waals surface area contributed by atoms with E-state index >= 15 is 0 Å². The lowest BCUT2D eigenvalue weighted by atomic mass is 10.0. The van der Waals surface area contributed by atoms with Gasteiger partial charge < -0.3 is 10.1 Å². The highest BCUT2D eigenvalue weighted by Gasteiger charge is 2.24. The molecule has 3 atom stereocenters. The first-order valence-corrected chi connectivity index (χ1v) is 7.70. The van der Waals surface area contributed by atoms with Crippen molar-refractivity contribution in [3.8, 4) is 0 Å². The molecular weight excluding hydrogens is 281 g/mol. The van der Waals surface area contributed by atoms with Crippen LogP contribution in [0, 0.1) is 0 Å². The molecule has 1 aliphatic rings. The largest absolute Gasteiger partial charge is 0.377 e. The van der Waals surface area contributed by atoms with Crippen molar-refractivity contribution in [1.82, 2.24) is 5.32 Å². The Morgan fingerprint density at radius 2 is 2.16 bits per heavy atom. The lowest BCUT2D eigenvalue weighted by Crippen LogP contribution is -2.39. The molecular formula is C15H21Cl2NO. The molecule has 1 N–H and O–H groups in total. The number of benzene rings is 1. The Morgan fingerprint density at radius 3 is 2.74 bits per heavy atom. The van der Waals surface area contributed by atoms with Gasteiger partial charge in [-0.3, -0.25) is 0 Å². The first-order valence-electron chi connectivity index (χ1n) is 6.94. The van der Waals surface area contributed by atoms with Gasteiger partial charge in [-0.1, -0.05) is 36.2 Å². The summed E-state index contributed by atoms with van der Waals surface area (Å²) in [6.45, 7) is 5.25. The number of ether oxygens (including phenoxy) is 1. The van der Waals surface area contributed by atoms with Gasteiger partial charge >= 0.3 is 0 Å². The van der Waals surface area contributed by atoms with Crippen molar-refractivity contribution in [3.05, 3.63) is 33.8 Å². The quantitative estimate of drug-likeness (QED) is 0.858. The van der Waals surface area contributed by atoms with E-state index in [0.29, 0.717) is 22.2 Å². The average Bonchev–Trinajstić information content (AvgIpc) is 2.93. The predicted octanol–water partition coefficient (Wildman–Crippen LogP) is 4.60. The standard InChI is InChI=1S/C15H21Cl2NO/c1-3-14(11-6-7-12(16)13(17)9-11)18-10(2)15-5-4-8-19-15/h6-7,9-10,14-15,18H,3-5,8H2,1-2H3. The minimum atomic E-state index is 0.286. The van der Waals surface area contributed by atoms with Crippen molar-refractivity contribution in [3.63, 3.8) is 0 Å². The lowest BCUT2D eigenvalue weighted by Gasteiger charge is -2.26. The molecule has 2 rings (SSSR count). The number of nitrogens with one attached hydrogen (secondary N) is 1. The maximum absolute atomic E-state index is 6.09. The van der Waals surface area contributed by atoms with Crippen LogP contribution in [0.5, 0.6) is 0 Å². The SMILES string of the molecule is CCC(NC(C)C1CCCO1)c1ccc(Cl)c(Cl)c1. The molecule has 1 fully saturated rings. The number of halogens is 2. The fourth-order valence-corrected chi connectivity index (χ4v) is 2.91. The molecule has 1 saturated heterocycles. The summed E-state index contributed by atoms with van der Waals surface area (Å²) in [6, 6.07) is 6.49. The van der Waals surface area contributed by atoms with Crippen molar-refractivity contribution < 1.29 is 4.74 Å². The third-order valence-corrected chi connectivity index (χ3v) is 4.48. The van der Waals surface area contributed by atoms with Gasteiger partial charge in [0.1, 0.15) is 0 Å². The van der Waals surface area contributed by atoms with Gasteiger partial charge in [0.2, 0.25) is 0 Å². The first-order chi connectivity index (χ1) is 9.11. The van der Waals surface area contributed by atoms with Crippen LogP contribution in [0.1, 0.15) is 44.7 Å². The summed E-state index contributed by atoms with van der Waals surface area (Å²) in [5.74, 6) is 0. The fraction of sp³-hybridized carbons (Fsp3) is 0.600. The molecule has 0 aliphatic carbocycles. The van der Waals surface area contributed by atoms with E-state index in [4.69, 9.17) is 27.9 Å². The van der Waals surface area contributed by atoms with E-state index in [0.717, 1.165) is 19.4 Å². The summed E-state index contributed by atoms with van der Waals surface area (Å²) >= 11 is 12.1. The van der Waals surface area contributed by atoms with Gasteiger partial charge in [-0.2, -0.15) is 0 Å². The Labute approximate surface area is 125 Å². The minimum absolute atomic E-state index is 0.286. The van der Waals surface area contributed by atoms with Gasteiger partial charge in [-0.15, -0.1) is 0 Å². The third kappa shape index (κ3) is 3.85. The summed E-state index contributed by atoms with van der Waals surface area (Å²) in [7, 11) is 0. The molecule has 1 aromatic carbocycles. The average molecular weight is 302 g/mol. The van der Waals surface area contributed by atoms with Gasteiger partial charge in [0, 0.05) is 18.7 Å². The Morgan fingerprint density at radius 1 is 1.37 bits per heavy atom. The van der Waals surface area contributed by atoms with Crippen LogP contribution in [-0.2, 0) is 4.74 Å². The molecule has 2 nitrogen and oxygen atoms in total. The second-order valence-corrected chi connectivity index (χ2v) is 5.96. The van der Waals surface area contributed by atoms with E-state index in [1.54, 1.807) is 0 Å². The monoisotopic (exact) mass is 301 g/mol. The molecule has 0 saturated carbocycles. The smallest absolute Gasteiger partial charge is 0.0726 e. The Bertz CT molecular complexity index is 419. The Kier molecular flexibility index (Phi) is 5.52. The van der Waals surface area contributed by atoms with Crippen LogP contribution in [0.4, 0.5) is 0 Å².